The number of hydrogen-bond donors (Lipinski definition) is 0. The Balaban J connectivity index is 1.66. The Morgan fingerprint density at radius 1 is 1.38 bits per heavy atom. The third-order valence-corrected chi connectivity index (χ3v) is 3.64. The number of likely N-dealkylation sites (N-methyl/N-ethyl adjacent to an activating group) is 1. The van der Waals surface area contributed by atoms with E-state index in [4.69, 9.17) is 9.15 Å². The van der Waals surface area contributed by atoms with Crippen molar-refractivity contribution in [1.82, 2.24) is 9.88 Å². The fraction of sp³-hybridized carbons (Fsp3) is 0.375. The molecule has 5 nitrogen and oxygen atoms in total. The Bertz CT molecular complexity index is 653. The van der Waals surface area contributed by atoms with E-state index < -0.39 is 0 Å². The first-order valence-corrected chi connectivity index (χ1v) is 6.98. The Kier molecular flexibility index (Phi) is 3.41. The van der Waals surface area contributed by atoms with Crippen LogP contribution in [-0.4, -0.2) is 35.5 Å². The molecule has 3 rings (SSSR count). The number of carbonyl (C=O) groups excluding carboxylic acids is 1. The van der Waals surface area contributed by atoms with Crippen molar-refractivity contribution in [3.05, 3.63) is 47.2 Å². The van der Waals surface area contributed by atoms with Crippen LogP contribution in [0.1, 0.15) is 27.7 Å². The van der Waals surface area contributed by atoms with Gasteiger partial charge in [-0.05, 0) is 18.6 Å². The van der Waals surface area contributed by atoms with Gasteiger partial charge < -0.3 is 14.1 Å². The highest BCUT2D eigenvalue weighted by molar-refractivity contribution is 5.92. The molecule has 1 aromatic heterocycles. The number of oxazole rings is 1. The maximum absolute atomic E-state index is 12.4. The lowest BCUT2D eigenvalue weighted by molar-refractivity contribution is 0.0697. The van der Waals surface area contributed by atoms with Crippen molar-refractivity contribution in [1.29, 1.82) is 0 Å². The molecular formula is C16H18N2O3. The van der Waals surface area contributed by atoms with E-state index in [1.807, 2.05) is 18.2 Å². The van der Waals surface area contributed by atoms with E-state index in [1.54, 1.807) is 25.8 Å². The summed E-state index contributed by atoms with van der Waals surface area (Å²) in [5.74, 6) is 1.57. The van der Waals surface area contributed by atoms with Gasteiger partial charge in [0.15, 0.2) is 5.89 Å². The first-order valence-electron chi connectivity index (χ1n) is 6.98. The lowest BCUT2D eigenvalue weighted by Crippen LogP contribution is -2.36. The molecule has 0 aliphatic carbocycles. The predicted octanol–water partition coefficient (Wildman–Crippen LogP) is 2.37. The van der Waals surface area contributed by atoms with E-state index in [1.165, 1.54) is 5.56 Å². The Morgan fingerprint density at radius 2 is 2.14 bits per heavy atom. The van der Waals surface area contributed by atoms with Gasteiger partial charge in [0.1, 0.15) is 11.9 Å². The predicted molar refractivity (Wildman–Crippen MR) is 77.5 cm³/mol. The number of benzene rings is 1. The minimum atomic E-state index is -0.160. The van der Waals surface area contributed by atoms with Crippen LogP contribution in [0.15, 0.2) is 28.7 Å². The number of ether oxygens (including phenoxy) is 1. The smallest absolute Gasteiger partial charge is 0.291 e. The molecule has 21 heavy (non-hydrogen) atoms. The fourth-order valence-electron chi connectivity index (χ4n) is 2.65. The summed E-state index contributed by atoms with van der Waals surface area (Å²) in [5, 5.41) is 0. The number of hydrogen-bond acceptors (Lipinski definition) is 4. The second-order valence-corrected chi connectivity index (χ2v) is 5.38. The zero-order valence-electron chi connectivity index (χ0n) is 12.4. The summed E-state index contributed by atoms with van der Waals surface area (Å²) in [5.41, 5.74) is 1.81. The van der Waals surface area contributed by atoms with Crippen molar-refractivity contribution >= 4 is 5.91 Å². The average molecular weight is 286 g/mol. The van der Waals surface area contributed by atoms with Gasteiger partial charge in [0.2, 0.25) is 5.76 Å². The highest BCUT2D eigenvalue weighted by Gasteiger charge is 2.27. The monoisotopic (exact) mass is 286 g/mol. The van der Waals surface area contributed by atoms with E-state index in [2.05, 4.69) is 11.1 Å². The summed E-state index contributed by atoms with van der Waals surface area (Å²) in [6, 6.07) is 7.97. The number of para-hydroxylation sites is 1. The first kappa shape index (κ1) is 13.7. The fourth-order valence-corrected chi connectivity index (χ4v) is 2.65. The quantitative estimate of drug-likeness (QED) is 0.869. The number of rotatable bonds is 3. The molecule has 1 aliphatic rings. The SMILES string of the molecule is Cc1nc(C)c(C(=O)N(C)CC2Cc3ccccc3O2)o1. The topological polar surface area (TPSA) is 55.6 Å². The third-order valence-electron chi connectivity index (χ3n) is 3.64. The van der Waals surface area contributed by atoms with Crippen LogP contribution in [0.2, 0.25) is 0 Å². The van der Waals surface area contributed by atoms with Gasteiger partial charge in [-0.15, -0.1) is 0 Å². The van der Waals surface area contributed by atoms with Crippen molar-refractivity contribution < 1.29 is 13.9 Å². The maximum atomic E-state index is 12.4. The van der Waals surface area contributed by atoms with Crippen LogP contribution in [0.3, 0.4) is 0 Å². The molecule has 0 spiro atoms. The van der Waals surface area contributed by atoms with Gasteiger partial charge in [-0.3, -0.25) is 4.79 Å². The normalized spacial score (nSPS) is 16.4. The maximum Gasteiger partial charge on any atom is 0.291 e. The minimum absolute atomic E-state index is 0.0133. The molecule has 2 heterocycles. The van der Waals surface area contributed by atoms with Crippen LogP contribution in [0.5, 0.6) is 5.75 Å². The van der Waals surface area contributed by atoms with Crippen LogP contribution in [0.4, 0.5) is 0 Å². The highest BCUT2D eigenvalue weighted by atomic mass is 16.5. The molecule has 1 aliphatic heterocycles. The summed E-state index contributed by atoms with van der Waals surface area (Å²) in [4.78, 5) is 18.1. The van der Waals surface area contributed by atoms with E-state index in [0.29, 0.717) is 23.9 Å². The highest BCUT2D eigenvalue weighted by Crippen LogP contribution is 2.28. The molecule has 110 valence electrons. The molecule has 0 bridgehead atoms. The summed E-state index contributed by atoms with van der Waals surface area (Å²) in [6.07, 6.45) is 0.808. The van der Waals surface area contributed by atoms with Gasteiger partial charge in [-0.25, -0.2) is 4.98 Å². The largest absolute Gasteiger partial charge is 0.488 e. The number of nitrogens with zero attached hydrogens (tertiary/aromatic N) is 2. The molecule has 1 amide bonds. The van der Waals surface area contributed by atoms with Crippen LogP contribution >= 0.6 is 0 Å². The molecule has 0 saturated carbocycles. The van der Waals surface area contributed by atoms with Gasteiger partial charge in [0.05, 0.1) is 12.2 Å². The molecule has 1 atom stereocenters. The second kappa shape index (κ2) is 5.24. The number of amides is 1. The summed E-state index contributed by atoms with van der Waals surface area (Å²) in [7, 11) is 1.76. The number of fused-ring (bicyclic) bond motifs is 1. The number of carbonyl (C=O) groups is 1. The summed E-state index contributed by atoms with van der Waals surface area (Å²) >= 11 is 0. The zero-order valence-corrected chi connectivity index (χ0v) is 12.4. The molecule has 0 N–H and O–H groups in total. The van der Waals surface area contributed by atoms with Crippen LogP contribution in [0.25, 0.3) is 0 Å². The van der Waals surface area contributed by atoms with Crippen LogP contribution in [0, 0.1) is 13.8 Å². The minimum Gasteiger partial charge on any atom is -0.488 e. The lowest BCUT2D eigenvalue weighted by Gasteiger charge is -2.20. The molecule has 0 fully saturated rings. The number of aromatic nitrogens is 1. The van der Waals surface area contributed by atoms with Crippen LogP contribution in [-0.2, 0) is 6.42 Å². The van der Waals surface area contributed by atoms with E-state index in [9.17, 15) is 4.79 Å². The molecule has 2 aromatic rings. The molecular weight excluding hydrogens is 268 g/mol. The Hall–Kier alpha value is -2.30. The van der Waals surface area contributed by atoms with Crippen molar-refractivity contribution in [3.63, 3.8) is 0 Å². The third kappa shape index (κ3) is 2.63. The van der Waals surface area contributed by atoms with Gasteiger partial charge in [-0.2, -0.15) is 0 Å². The van der Waals surface area contributed by atoms with E-state index >= 15 is 0 Å². The van der Waals surface area contributed by atoms with Crippen molar-refractivity contribution in [2.45, 2.75) is 26.4 Å². The van der Waals surface area contributed by atoms with Crippen LogP contribution < -0.4 is 4.74 Å². The van der Waals surface area contributed by atoms with Gasteiger partial charge in [0.25, 0.3) is 5.91 Å². The number of aryl methyl sites for hydroxylation is 2. The average Bonchev–Trinajstić information content (AvgIpc) is 3.00. The lowest BCUT2D eigenvalue weighted by atomic mass is 10.1. The molecule has 0 saturated heterocycles. The van der Waals surface area contributed by atoms with E-state index in [0.717, 1.165) is 12.2 Å². The molecule has 0 radical (unpaired) electrons. The summed E-state index contributed by atoms with van der Waals surface area (Å²) in [6.45, 7) is 4.03. The van der Waals surface area contributed by atoms with Crippen molar-refractivity contribution in [2.24, 2.45) is 0 Å². The first-order chi connectivity index (χ1) is 10.0. The Labute approximate surface area is 123 Å². The van der Waals surface area contributed by atoms with Gasteiger partial charge in [0, 0.05) is 20.4 Å². The zero-order chi connectivity index (χ0) is 15.0. The Morgan fingerprint density at radius 3 is 2.81 bits per heavy atom. The van der Waals surface area contributed by atoms with Crippen molar-refractivity contribution in [2.75, 3.05) is 13.6 Å². The van der Waals surface area contributed by atoms with E-state index in [-0.39, 0.29) is 12.0 Å². The standard InChI is InChI=1S/C16H18N2O3/c1-10-15(20-11(2)17-10)16(19)18(3)9-13-8-12-6-4-5-7-14(12)21-13/h4-7,13H,8-9H2,1-3H3. The van der Waals surface area contributed by atoms with Crippen molar-refractivity contribution in [3.8, 4) is 5.75 Å². The second-order valence-electron chi connectivity index (χ2n) is 5.38. The molecule has 1 aromatic carbocycles. The van der Waals surface area contributed by atoms with Gasteiger partial charge in [-0.1, -0.05) is 18.2 Å². The molecule has 5 heteroatoms. The summed E-state index contributed by atoms with van der Waals surface area (Å²) < 4.78 is 11.2. The van der Waals surface area contributed by atoms with Gasteiger partial charge >= 0.3 is 0 Å². The molecule has 1 unspecified atom stereocenters.